The summed E-state index contributed by atoms with van der Waals surface area (Å²) in [6, 6.07) is 26.1. The van der Waals surface area contributed by atoms with E-state index >= 15 is 0 Å². The smallest absolute Gasteiger partial charge is 1.00 e. The minimum Gasteiger partial charge on any atom is -1.00 e. The average Bonchev–Trinajstić information content (AvgIpc) is 3.27. The average molecular weight is 475 g/mol. The topological polar surface area (TPSA) is 0 Å². The fourth-order valence-corrected chi connectivity index (χ4v) is 3.02. The maximum absolute atomic E-state index is 3.38. The monoisotopic (exact) mass is 474 g/mol. The number of hydrogen-bond acceptors (Lipinski definition) is 0. The molecule has 162 valence electrons. The number of halogens is 2. The van der Waals surface area contributed by atoms with Crippen molar-refractivity contribution in [1.29, 1.82) is 0 Å². The molecule has 0 heterocycles. The van der Waals surface area contributed by atoms with Gasteiger partial charge in [-0.2, -0.15) is 12.1 Å². The van der Waals surface area contributed by atoms with Crippen molar-refractivity contribution in [3.05, 3.63) is 97.8 Å². The molecule has 0 aliphatic carbocycles. The van der Waals surface area contributed by atoms with Crippen LogP contribution in [0.1, 0.15) is 57.1 Å². The van der Waals surface area contributed by atoms with Crippen LogP contribution in [0.15, 0.2) is 72.8 Å². The van der Waals surface area contributed by atoms with E-state index in [2.05, 4.69) is 114 Å². The number of rotatable bonds is 2. The molecular weight excluding hydrogens is 443 g/mol. The Bertz CT molecular complexity index is 803. The van der Waals surface area contributed by atoms with Gasteiger partial charge in [-0.3, -0.25) is 0 Å². The Hall–Kier alpha value is -1.05. The SMILES string of the molecule is CC(C)c1cc2ccccc2[cH-]1.CC(C)c1cc2ccccc2[cH-]1.[CH2-]C[CH2-].[Cl-].[Cl-].[Ti+2]. The summed E-state index contributed by atoms with van der Waals surface area (Å²) in [4.78, 5) is 0. The minimum absolute atomic E-state index is 0. The molecule has 0 amide bonds. The molecule has 0 saturated heterocycles. The Morgan fingerprint density at radius 1 is 0.667 bits per heavy atom. The van der Waals surface area contributed by atoms with Crippen LogP contribution in [0.5, 0.6) is 0 Å². The molecule has 3 heteroatoms. The molecule has 30 heavy (non-hydrogen) atoms. The molecule has 0 atom stereocenters. The van der Waals surface area contributed by atoms with Crippen molar-refractivity contribution in [2.75, 3.05) is 0 Å². The molecule has 0 aliphatic heterocycles. The minimum atomic E-state index is 0. The third-order valence-corrected chi connectivity index (χ3v) is 4.61. The van der Waals surface area contributed by atoms with Gasteiger partial charge < -0.3 is 45.1 Å². The molecule has 4 aromatic rings. The van der Waals surface area contributed by atoms with Crippen LogP contribution in [-0.2, 0) is 21.7 Å². The fraction of sp³-hybridized carbons (Fsp3) is 0.259. The first-order valence-electron chi connectivity index (χ1n) is 9.85. The molecule has 4 rings (SSSR count). The van der Waals surface area contributed by atoms with E-state index in [1.54, 1.807) is 0 Å². The van der Waals surface area contributed by atoms with Crippen molar-refractivity contribution in [3.8, 4) is 0 Å². The van der Waals surface area contributed by atoms with Crippen LogP contribution < -0.4 is 24.8 Å². The van der Waals surface area contributed by atoms with E-state index in [1.165, 1.54) is 32.7 Å². The first-order chi connectivity index (χ1) is 13.0. The summed E-state index contributed by atoms with van der Waals surface area (Å²) in [7, 11) is 0. The van der Waals surface area contributed by atoms with E-state index < -0.39 is 0 Å². The summed E-state index contributed by atoms with van der Waals surface area (Å²) < 4.78 is 0. The van der Waals surface area contributed by atoms with Crippen molar-refractivity contribution in [2.24, 2.45) is 0 Å². The summed E-state index contributed by atoms with van der Waals surface area (Å²) in [5.74, 6) is 1.27. The van der Waals surface area contributed by atoms with Gasteiger partial charge in [-0.25, -0.2) is 0 Å². The van der Waals surface area contributed by atoms with Crippen LogP contribution in [0.3, 0.4) is 0 Å². The first-order valence-corrected chi connectivity index (χ1v) is 9.85. The number of hydrogen-bond donors (Lipinski definition) is 0. The van der Waals surface area contributed by atoms with E-state index in [1.807, 2.05) is 0 Å². The molecular formula is C27H32Cl2Ti-4. The molecule has 0 N–H and O–H groups in total. The van der Waals surface area contributed by atoms with E-state index in [4.69, 9.17) is 0 Å². The second kappa shape index (κ2) is 15.7. The summed E-state index contributed by atoms with van der Waals surface area (Å²) in [5, 5.41) is 5.45. The Labute approximate surface area is 210 Å². The molecule has 0 spiro atoms. The van der Waals surface area contributed by atoms with Crippen molar-refractivity contribution in [2.45, 2.75) is 46.0 Å². The van der Waals surface area contributed by atoms with E-state index in [0.29, 0.717) is 11.8 Å². The first kappa shape index (κ1) is 31.1. The summed E-state index contributed by atoms with van der Waals surface area (Å²) in [6.07, 6.45) is 0.750. The van der Waals surface area contributed by atoms with Crippen LogP contribution in [0.4, 0.5) is 0 Å². The number of benzene rings is 2. The molecule has 0 radical (unpaired) electrons. The Balaban J connectivity index is 0. The molecule has 0 bridgehead atoms. The predicted molar refractivity (Wildman–Crippen MR) is 123 cm³/mol. The zero-order chi connectivity index (χ0) is 19.8. The van der Waals surface area contributed by atoms with Crippen molar-refractivity contribution in [1.82, 2.24) is 0 Å². The van der Waals surface area contributed by atoms with Crippen LogP contribution in [0.2, 0.25) is 0 Å². The van der Waals surface area contributed by atoms with Gasteiger partial charge in [0.05, 0.1) is 0 Å². The van der Waals surface area contributed by atoms with Gasteiger partial charge in [0, 0.05) is 0 Å². The molecule has 0 aliphatic rings. The second-order valence-corrected chi connectivity index (χ2v) is 7.50. The third-order valence-electron chi connectivity index (χ3n) is 4.61. The van der Waals surface area contributed by atoms with Gasteiger partial charge in [0.15, 0.2) is 0 Å². The van der Waals surface area contributed by atoms with Crippen molar-refractivity contribution >= 4 is 21.5 Å². The predicted octanol–water partition coefficient (Wildman–Crippen LogP) is 2.41. The van der Waals surface area contributed by atoms with Crippen LogP contribution in [0, 0.1) is 13.8 Å². The Morgan fingerprint density at radius 3 is 1.23 bits per heavy atom. The zero-order valence-corrected chi connectivity index (χ0v) is 21.5. The summed E-state index contributed by atoms with van der Waals surface area (Å²) in [6.45, 7) is 15.7. The van der Waals surface area contributed by atoms with E-state index in [-0.39, 0.29) is 46.5 Å². The second-order valence-electron chi connectivity index (χ2n) is 7.50. The molecule has 0 unspecified atom stereocenters. The summed E-state index contributed by atoms with van der Waals surface area (Å²) in [5.41, 5.74) is 2.88. The van der Waals surface area contributed by atoms with Gasteiger partial charge >= 0.3 is 21.7 Å². The molecule has 0 aromatic heterocycles. The van der Waals surface area contributed by atoms with Gasteiger partial charge in [0.25, 0.3) is 0 Å². The number of fused-ring (bicyclic) bond motifs is 2. The Morgan fingerprint density at radius 2 is 0.967 bits per heavy atom. The Kier molecular flexibility index (Phi) is 16.3. The van der Waals surface area contributed by atoms with Crippen molar-refractivity contribution < 1.29 is 46.5 Å². The van der Waals surface area contributed by atoms with E-state index in [9.17, 15) is 0 Å². The molecule has 0 fully saturated rings. The summed E-state index contributed by atoms with van der Waals surface area (Å²) >= 11 is 0. The maximum atomic E-state index is 3.38. The van der Waals surface area contributed by atoms with Crippen LogP contribution in [-0.4, -0.2) is 0 Å². The molecule has 0 saturated carbocycles. The molecule has 0 nitrogen and oxygen atoms in total. The van der Waals surface area contributed by atoms with Gasteiger partial charge in [-0.05, 0) is 11.8 Å². The third kappa shape index (κ3) is 8.98. The normalized spacial score (nSPS) is 9.60. The molecule has 4 aromatic carbocycles. The van der Waals surface area contributed by atoms with Crippen LogP contribution in [0.25, 0.3) is 21.5 Å². The van der Waals surface area contributed by atoms with Crippen LogP contribution >= 0.6 is 0 Å². The van der Waals surface area contributed by atoms with Crippen molar-refractivity contribution in [3.63, 3.8) is 0 Å². The maximum Gasteiger partial charge on any atom is 2.00 e. The fourth-order valence-electron chi connectivity index (χ4n) is 3.02. The standard InChI is InChI=1S/2C12H13.C3H6.2ClH.Ti/c2*1-9(2)12-7-10-5-3-4-6-11(10)8-12;1-3-2;;;/h2*3-9H,1-2H3;1-3H2;2*1H;/q2*-1;-2;;;+2/p-2. The largest absolute Gasteiger partial charge is 2.00 e. The van der Waals surface area contributed by atoms with Gasteiger partial charge in [-0.1, -0.05) is 39.8 Å². The zero-order valence-electron chi connectivity index (χ0n) is 18.5. The van der Waals surface area contributed by atoms with Gasteiger partial charge in [-0.15, -0.1) is 81.2 Å². The van der Waals surface area contributed by atoms with E-state index in [0.717, 1.165) is 6.42 Å². The van der Waals surface area contributed by atoms with Gasteiger partial charge in [0.2, 0.25) is 0 Å². The quantitative estimate of drug-likeness (QED) is 0.309. The van der Waals surface area contributed by atoms with Gasteiger partial charge in [0.1, 0.15) is 0 Å².